The number of hydrogen-bond acceptors (Lipinski definition) is 10. The number of amides is 4. The molecule has 2 aromatic carbocycles. The Balaban J connectivity index is 0.971. The highest BCUT2D eigenvalue weighted by Gasteiger charge is 2.43. The van der Waals surface area contributed by atoms with E-state index in [2.05, 4.69) is 50.3 Å². The molecular formula is C51H58FN9O7S. The van der Waals surface area contributed by atoms with Crippen LogP contribution in [0.1, 0.15) is 113 Å². The van der Waals surface area contributed by atoms with Gasteiger partial charge in [0.15, 0.2) is 0 Å². The Kier molecular flexibility index (Phi) is 12.0. The maximum atomic E-state index is 17.0. The smallest absolute Gasteiger partial charge is 0.407 e. The zero-order valence-electron chi connectivity index (χ0n) is 39.9. The third-order valence-electron chi connectivity index (χ3n) is 14.4. The third kappa shape index (κ3) is 8.39. The summed E-state index contributed by atoms with van der Waals surface area (Å²) < 4.78 is 35.6. The van der Waals surface area contributed by atoms with E-state index in [0.717, 1.165) is 59.1 Å². The SMILES string of the molecule is COC(=O)N[C@H](C(=O)N1CCC[C@H]1c1ncc(-c2cc(F)c3c(c2)OC(c2ccc(C4(C)CC4)s2)n2c-3cc3cc(-c4cnc([C@@H]5CCCN5C(=O)[C@@H](NC(=O)OC)C(C)C)[nH]4)ccc32)[nH]1)C(C)C. The van der Waals surface area contributed by atoms with Gasteiger partial charge in [0.25, 0.3) is 0 Å². The number of halogens is 1. The van der Waals surface area contributed by atoms with Gasteiger partial charge in [0.05, 0.1) is 71.7 Å². The number of carbonyl (C=O) groups is 4. The van der Waals surface area contributed by atoms with Gasteiger partial charge in [-0.25, -0.2) is 23.9 Å². The van der Waals surface area contributed by atoms with Crippen LogP contribution in [0.25, 0.3) is 44.7 Å². The van der Waals surface area contributed by atoms with Crippen LogP contribution in [0.3, 0.4) is 0 Å². The number of benzene rings is 2. The van der Waals surface area contributed by atoms with Crippen LogP contribution >= 0.6 is 11.3 Å². The predicted octanol–water partition coefficient (Wildman–Crippen LogP) is 9.37. The van der Waals surface area contributed by atoms with E-state index in [-0.39, 0.29) is 41.1 Å². The summed E-state index contributed by atoms with van der Waals surface area (Å²) in [4.78, 5) is 74.2. The van der Waals surface area contributed by atoms with Crippen molar-refractivity contribution in [3.05, 3.63) is 88.1 Å². The molecule has 4 amide bonds. The molecule has 3 fully saturated rings. The Labute approximate surface area is 403 Å². The molecule has 16 nitrogen and oxygen atoms in total. The summed E-state index contributed by atoms with van der Waals surface area (Å²) in [5.74, 6) is 0.468. The Morgan fingerprint density at radius 3 is 1.93 bits per heavy atom. The minimum Gasteiger partial charge on any atom is -0.464 e. The fourth-order valence-corrected chi connectivity index (χ4v) is 11.5. The number of H-pyrrole nitrogens is 2. The molecular weight excluding hydrogens is 902 g/mol. The summed E-state index contributed by atoms with van der Waals surface area (Å²) in [6, 6.07) is 13.7. The van der Waals surface area contributed by atoms with Crippen LogP contribution in [0.15, 0.2) is 60.9 Å². The second-order valence-electron chi connectivity index (χ2n) is 19.7. The van der Waals surface area contributed by atoms with Gasteiger partial charge in [0.1, 0.15) is 35.3 Å². The summed E-state index contributed by atoms with van der Waals surface area (Å²) in [6.07, 6.45) is 6.78. The number of carbonyl (C=O) groups excluding carboxylic acids is 4. The number of ether oxygens (including phenoxy) is 3. The van der Waals surface area contributed by atoms with Crippen LogP contribution in [0.4, 0.5) is 14.0 Å². The van der Waals surface area contributed by atoms with Crippen LogP contribution in [-0.2, 0) is 24.5 Å². The van der Waals surface area contributed by atoms with Crippen molar-refractivity contribution in [1.29, 1.82) is 0 Å². The van der Waals surface area contributed by atoms with Crippen molar-refractivity contribution in [3.8, 4) is 39.5 Å². The van der Waals surface area contributed by atoms with Crippen molar-refractivity contribution in [2.24, 2.45) is 11.8 Å². The van der Waals surface area contributed by atoms with Gasteiger partial charge in [0, 0.05) is 39.9 Å². The molecule has 5 atom stereocenters. The zero-order valence-corrected chi connectivity index (χ0v) is 40.7. The molecule has 10 rings (SSSR count). The number of aromatic amines is 2. The quantitative estimate of drug-likeness (QED) is 0.0927. The number of imidazole rings is 2. The molecule has 362 valence electrons. The number of fused-ring (bicyclic) bond motifs is 5. The first-order valence-electron chi connectivity index (χ1n) is 23.8. The van der Waals surface area contributed by atoms with Crippen molar-refractivity contribution in [1.82, 2.24) is 44.9 Å². The van der Waals surface area contributed by atoms with Crippen LogP contribution < -0.4 is 15.4 Å². The molecule has 69 heavy (non-hydrogen) atoms. The Hall–Kier alpha value is -6.69. The first kappa shape index (κ1) is 46.1. The molecule has 1 aliphatic carbocycles. The van der Waals surface area contributed by atoms with E-state index in [4.69, 9.17) is 24.2 Å². The monoisotopic (exact) mass is 959 g/mol. The van der Waals surface area contributed by atoms with Crippen LogP contribution in [0, 0.1) is 17.7 Å². The Morgan fingerprint density at radius 1 is 0.797 bits per heavy atom. The van der Waals surface area contributed by atoms with E-state index in [1.165, 1.54) is 25.2 Å². The first-order chi connectivity index (χ1) is 33.2. The molecule has 4 aromatic heterocycles. The Bertz CT molecular complexity index is 2970. The fraction of sp³-hybridized carbons (Fsp3) is 0.451. The van der Waals surface area contributed by atoms with E-state index >= 15 is 4.39 Å². The molecule has 1 saturated carbocycles. The second-order valence-corrected chi connectivity index (χ2v) is 20.8. The number of methoxy groups -OCH3 is 2. The molecule has 2 saturated heterocycles. The van der Waals surface area contributed by atoms with Crippen molar-refractivity contribution in [2.75, 3.05) is 27.3 Å². The molecule has 6 aromatic rings. The molecule has 3 aliphatic heterocycles. The Morgan fingerprint density at radius 2 is 1.38 bits per heavy atom. The van der Waals surface area contributed by atoms with E-state index in [0.29, 0.717) is 59.4 Å². The van der Waals surface area contributed by atoms with E-state index in [1.54, 1.807) is 33.5 Å². The van der Waals surface area contributed by atoms with Gasteiger partial charge < -0.3 is 44.6 Å². The molecule has 4 aliphatic rings. The van der Waals surface area contributed by atoms with Gasteiger partial charge >= 0.3 is 12.2 Å². The number of nitrogens with one attached hydrogen (secondary N) is 4. The summed E-state index contributed by atoms with van der Waals surface area (Å²) in [5.41, 5.74) is 4.83. The lowest BCUT2D eigenvalue weighted by Crippen LogP contribution is -2.51. The number of thiophene rings is 1. The number of hydrogen-bond donors (Lipinski definition) is 4. The fourth-order valence-electron chi connectivity index (χ4n) is 10.2. The average Bonchev–Trinajstić information content (AvgIpc) is 4.12. The topological polar surface area (TPSA) is 189 Å². The van der Waals surface area contributed by atoms with Gasteiger partial charge in [0.2, 0.25) is 18.0 Å². The highest BCUT2D eigenvalue weighted by atomic mass is 32.1. The molecule has 0 spiro atoms. The number of alkyl carbamates (subject to hydrolysis) is 2. The van der Waals surface area contributed by atoms with Crippen LogP contribution in [0.5, 0.6) is 5.75 Å². The first-order valence-corrected chi connectivity index (χ1v) is 24.6. The maximum absolute atomic E-state index is 17.0. The predicted molar refractivity (Wildman–Crippen MR) is 258 cm³/mol. The summed E-state index contributed by atoms with van der Waals surface area (Å²) >= 11 is 1.73. The number of likely N-dealkylation sites (tertiary alicyclic amines) is 2. The van der Waals surface area contributed by atoms with Gasteiger partial charge in [-0.3, -0.25) is 14.2 Å². The van der Waals surface area contributed by atoms with E-state index in [9.17, 15) is 19.2 Å². The number of aromatic nitrogens is 5. The summed E-state index contributed by atoms with van der Waals surface area (Å²) in [7, 11) is 2.55. The molecule has 0 radical (unpaired) electrons. The van der Waals surface area contributed by atoms with Gasteiger partial charge in [-0.15, -0.1) is 11.3 Å². The highest BCUT2D eigenvalue weighted by Crippen LogP contribution is 2.53. The molecule has 18 heteroatoms. The van der Waals surface area contributed by atoms with Crippen molar-refractivity contribution >= 4 is 46.2 Å². The molecule has 4 N–H and O–H groups in total. The van der Waals surface area contributed by atoms with Crippen LogP contribution in [0.2, 0.25) is 0 Å². The van der Waals surface area contributed by atoms with Crippen molar-refractivity contribution in [2.45, 2.75) is 109 Å². The van der Waals surface area contributed by atoms with Crippen molar-refractivity contribution in [3.63, 3.8) is 0 Å². The average molecular weight is 960 g/mol. The third-order valence-corrected chi connectivity index (χ3v) is 15.8. The van der Waals surface area contributed by atoms with Gasteiger partial charge in [-0.1, -0.05) is 40.7 Å². The normalized spacial score (nSPS) is 20.1. The van der Waals surface area contributed by atoms with Gasteiger partial charge in [-0.2, -0.15) is 0 Å². The number of rotatable bonds is 12. The van der Waals surface area contributed by atoms with E-state index in [1.807, 2.05) is 52.0 Å². The zero-order chi connectivity index (χ0) is 48.5. The van der Waals surface area contributed by atoms with E-state index < -0.39 is 36.3 Å². The maximum Gasteiger partial charge on any atom is 0.407 e. The lowest BCUT2D eigenvalue weighted by molar-refractivity contribution is -0.136. The summed E-state index contributed by atoms with van der Waals surface area (Å²) in [6.45, 7) is 10.9. The minimum absolute atomic E-state index is 0.151. The minimum atomic E-state index is -0.770. The summed E-state index contributed by atoms with van der Waals surface area (Å²) in [5, 5.41) is 6.29. The largest absolute Gasteiger partial charge is 0.464 e. The van der Waals surface area contributed by atoms with Gasteiger partial charge in [-0.05, 0) is 92.8 Å². The van der Waals surface area contributed by atoms with Crippen molar-refractivity contribution < 1.29 is 37.8 Å². The van der Waals surface area contributed by atoms with Crippen LogP contribution in [-0.4, -0.2) is 97.7 Å². The molecule has 7 heterocycles. The lowest BCUT2D eigenvalue weighted by atomic mass is 10.0. The highest BCUT2D eigenvalue weighted by molar-refractivity contribution is 7.12. The number of nitrogens with zero attached hydrogens (tertiary/aromatic N) is 5. The molecule has 1 unspecified atom stereocenters. The molecule has 0 bridgehead atoms. The standard InChI is InChI=1S/C51H58FN9O7S/c1-26(2)42(57-49(64)66-6)46(62)59-18-8-10-35(59)44-53-24-32(55-44)28-12-13-34-30(20-28)22-37-41-31(52)21-29(23-38(41)68-48(61(34)37)39-14-15-40(69-39)51(5)16-17-51)33-25-54-45(56-33)36-11-9-19-60(36)47(63)43(27(3)4)58-50(65)67-7/h12-15,20-27,35-36,42-43,48H,8-11,16-19H2,1-7H3,(H,53,55)(H,54,56)(H,57,64)(H,58,65)/t35-,36-,42-,43-,48?/m0/s1. The lowest BCUT2D eigenvalue weighted by Gasteiger charge is -2.30. The second kappa shape index (κ2) is 18.0.